The maximum absolute atomic E-state index is 12.8. The second-order valence-corrected chi connectivity index (χ2v) is 18.8. The van der Waals surface area contributed by atoms with Gasteiger partial charge in [0.05, 0.1) is 0 Å². The van der Waals surface area contributed by atoms with Crippen LogP contribution in [0.25, 0.3) is 0 Å². The van der Waals surface area contributed by atoms with Gasteiger partial charge < -0.3 is 14.2 Å². The van der Waals surface area contributed by atoms with Crippen molar-refractivity contribution < 1.29 is 28.6 Å². The first-order chi connectivity index (χ1) is 32.5. The molecule has 0 rings (SSSR count). The summed E-state index contributed by atoms with van der Waals surface area (Å²) in [5.74, 6) is -0.939. The minimum atomic E-state index is -0.800. The summed E-state index contributed by atoms with van der Waals surface area (Å²) < 4.78 is 16.8. The first kappa shape index (κ1) is 63.1. The normalized spacial score (nSPS) is 12.5. The number of ether oxygens (including phenoxy) is 3. The molecule has 0 aromatic rings. The maximum atomic E-state index is 12.8. The number of rotatable bonds is 51. The Morgan fingerprint density at radius 1 is 0.318 bits per heavy atom. The second-order valence-electron chi connectivity index (χ2n) is 18.8. The number of unbranched alkanes of at least 4 members (excludes halogenated alkanes) is 30. The molecule has 0 aromatic carbocycles. The van der Waals surface area contributed by atoms with Gasteiger partial charge in [0.25, 0.3) is 0 Å². The highest BCUT2D eigenvalue weighted by atomic mass is 16.6. The fourth-order valence-electron chi connectivity index (χ4n) is 8.07. The Balaban J connectivity index is 4.39. The van der Waals surface area contributed by atoms with Gasteiger partial charge >= 0.3 is 17.9 Å². The number of hydrogen-bond acceptors (Lipinski definition) is 6. The molecule has 0 amide bonds. The molecule has 382 valence electrons. The summed E-state index contributed by atoms with van der Waals surface area (Å²) in [5.41, 5.74) is 0. The van der Waals surface area contributed by atoms with Crippen molar-refractivity contribution in [1.82, 2.24) is 0 Å². The molecule has 6 heteroatoms. The Labute approximate surface area is 409 Å². The summed E-state index contributed by atoms with van der Waals surface area (Å²) in [6.45, 7) is 6.51. The van der Waals surface area contributed by atoms with E-state index >= 15 is 0 Å². The van der Waals surface area contributed by atoms with Gasteiger partial charge in [0.15, 0.2) is 6.10 Å². The van der Waals surface area contributed by atoms with E-state index in [-0.39, 0.29) is 37.5 Å². The van der Waals surface area contributed by atoms with Crippen LogP contribution in [-0.2, 0) is 28.6 Å². The van der Waals surface area contributed by atoms with Gasteiger partial charge in [-0.05, 0) is 57.8 Å². The molecule has 0 bridgehead atoms. The first-order valence-electron chi connectivity index (χ1n) is 28.3. The van der Waals surface area contributed by atoms with E-state index in [1.165, 1.54) is 161 Å². The van der Waals surface area contributed by atoms with Crippen LogP contribution in [0, 0.1) is 0 Å². The standard InChI is InChI=1S/C60H106O6/c1-4-7-10-13-16-19-22-25-27-29-30-32-33-35-38-41-44-47-50-53-59(62)65-56-57(55-64-58(61)52-49-46-43-40-37-24-21-18-15-12-9-6-3)66-60(63)54-51-48-45-42-39-36-34-31-28-26-23-20-17-14-11-8-5-2/h8,11,17,20,26,28,34,36,42,45,57H,4-7,9-10,12-16,18-19,21-25,27,29-33,35,37-41,43-44,46-56H2,1-3H3/b11-8-,20-17-,28-26-,36-34-,45-42-/t57-/m1/s1. The average molecular weight is 924 g/mol. The molecule has 0 aliphatic rings. The monoisotopic (exact) mass is 923 g/mol. The van der Waals surface area contributed by atoms with Gasteiger partial charge in [-0.1, -0.05) is 268 Å². The predicted molar refractivity (Wildman–Crippen MR) is 284 cm³/mol. The van der Waals surface area contributed by atoms with Gasteiger partial charge in [0.2, 0.25) is 0 Å². The Kier molecular flexibility index (Phi) is 52.3. The first-order valence-corrected chi connectivity index (χ1v) is 28.3. The highest BCUT2D eigenvalue weighted by molar-refractivity contribution is 5.71. The van der Waals surface area contributed by atoms with E-state index in [2.05, 4.69) is 81.5 Å². The number of carbonyl (C=O) groups is 3. The molecule has 66 heavy (non-hydrogen) atoms. The Hall–Kier alpha value is -2.89. The van der Waals surface area contributed by atoms with Gasteiger partial charge in [-0.3, -0.25) is 14.4 Å². The summed E-state index contributed by atoms with van der Waals surface area (Å²) in [5, 5.41) is 0. The lowest BCUT2D eigenvalue weighted by Crippen LogP contribution is -2.30. The SMILES string of the molecule is CC/C=C\C/C=C\C/C=C\C/C=C\C/C=C\CCCC(=O)O[C@H](COC(=O)CCCCCCCCCCCCCC)COC(=O)CCCCCCCCCCCCCCCCCCCCC. The molecule has 0 spiro atoms. The Morgan fingerprint density at radius 2 is 0.591 bits per heavy atom. The molecule has 6 nitrogen and oxygen atoms in total. The molecule has 0 unspecified atom stereocenters. The van der Waals surface area contributed by atoms with Crippen LogP contribution in [0.15, 0.2) is 60.8 Å². The van der Waals surface area contributed by atoms with Crippen molar-refractivity contribution in [2.24, 2.45) is 0 Å². The van der Waals surface area contributed by atoms with E-state index in [1.807, 2.05) is 0 Å². The Morgan fingerprint density at radius 3 is 0.909 bits per heavy atom. The van der Waals surface area contributed by atoms with Crippen molar-refractivity contribution in [2.75, 3.05) is 13.2 Å². The van der Waals surface area contributed by atoms with Crippen LogP contribution < -0.4 is 0 Å². The van der Waals surface area contributed by atoms with Crippen LogP contribution in [0.5, 0.6) is 0 Å². The molecule has 0 fully saturated rings. The van der Waals surface area contributed by atoms with Gasteiger partial charge in [-0.15, -0.1) is 0 Å². The fourth-order valence-corrected chi connectivity index (χ4v) is 8.07. The molecule has 0 saturated carbocycles. The van der Waals surface area contributed by atoms with Crippen LogP contribution in [0.3, 0.4) is 0 Å². The second kappa shape index (κ2) is 54.7. The molecule has 1 atom stereocenters. The summed E-state index contributed by atoms with van der Waals surface area (Å²) in [6, 6.07) is 0. The van der Waals surface area contributed by atoms with Crippen molar-refractivity contribution in [3.63, 3.8) is 0 Å². The van der Waals surface area contributed by atoms with Crippen LogP contribution in [-0.4, -0.2) is 37.2 Å². The van der Waals surface area contributed by atoms with Crippen molar-refractivity contribution in [3.8, 4) is 0 Å². The minimum Gasteiger partial charge on any atom is -0.462 e. The average Bonchev–Trinajstić information content (AvgIpc) is 3.31. The van der Waals surface area contributed by atoms with Gasteiger partial charge in [0, 0.05) is 19.3 Å². The van der Waals surface area contributed by atoms with Gasteiger partial charge in [-0.2, -0.15) is 0 Å². The smallest absolute Gasteiger partial charge is 0.306 e. The molecule has 0 aromatic heterocycles. The molecule has 0 heterocycles. The topological polar surface area (TPSA) is 78.9 Å². The van der Waals surface area contributed by atoms with Crippen LogP contribution in [0.4, 0.5) is 0 Å². The lowest BCUT2D eigenvalue weighted by atomic mass is 10.0. The zero-order chi connectivity index (χ0) is 47.9. The number of allylic oxidation sites excluding steroid dienone is 10. The van der Waals surface area contributed by atoms with Crippen molar-refractivity contribution in [1.29, 1.82) is 0 Å². The van der Waals surface area contributed by atoms with Crippen molar-refractivity contribution in [3.05, 3.63) is 60.8 Å². The van der Waals surface area contributed by atoms with E-state index in [0.717, 1.165) is 77.0 Å². The minimum absolute atomic E-state index is 0.0929. The van der Waals surface area contributed by atoms with E-state index in [1.54, 1.807) is 0 Å². The molecular weight excluding hydrogens is 817 g/mol. The predicted octanol–water partition coefficient (Wildman–Crippen LogP) is 18.8. The van der Waals surface area contributed by atoms with E-state index in [9.17, 15) is 14.4 Å². The van der Waals surface area contributed by atoms with Crippen molar-refractivity contribution >= 4 is 17.9 Å². The largest absolute Gasteiger partial charge is 0.462 e. The van der Waals surface area contributed by atoms with Gasteiger partial charge in [0.1, 0.15) is 13.2 Å². The highest BCUT2D eigenvalue weighted by Gasteiger charge is 2.19. The molecule has 0 saturated heterocycles. The molecular formula is C60H106O6. The molecule has 0 N–H and O–H groups in total. The molecule has 0 radical (unpaired) electrons. The van der Waals surface area contributed by atoms with Crippen LogP contribution in [0.1, 0.15) is 284 Å². The van der Waals surface area contributed by atoms with E-state index in [4.69, 9.17) is 14.2 Å². The van der Waals surface area contributed by atoms with Crippen molar-refractivity contribution in [2.45, 2.75) is 290 Å². The van der Waals surface area contributed by atoms with Crippen LogP contribution in [0.2, 0.25) is 0 Å². The number of carbonyl (C=O) groups excluding carboxylic acids is 3. The quantitative estimate of drug-likeness (QED) is 0.0262. The molecule has 0 aliphatic heterocycles. The fraction of sp³-hybridized carbons (Fsp3) is 0.783. The van der Waals surface area contributed by atoms with Crippen LogP contribution >= 0.6 is 0 Å². The summed E-state index contributed by atoms with van der Waals surface area (Å²) in [6.07, 6.45) is 67.9. The van der Waals surface area contributed by atoms with Gasteiger partial charge in [-0.25, -0.2) is 0 Å². The third-order valence-electron chi connectivity index (χ3n) is 12.3. The highest BCUT2D eigenvalue weighted by Crippen LogP contribution is 2.16. The van der Waals surface area contributed by atoms with E-state index in [0.29, 0.717) is 19.3 Å². The summed E-state index contributed by atoms with van der Waals surface area (Å²) in [7, 11) is 0. The lowest BCUT2D eigenvalue weighted by molar-refractivity contribution is -0.167. The molecule has 0 aliphatic carbocycles. The Bertz CT molecular complexity index is 1200. The number of hydrogen-bond donors (Lipinski definition) is 0. The number of esters is 3. The summed E-state index contributed by atoms with van der Waals surface area (Å²) >= 11 is 0. The third kappa shape index (κ3) is 52.1. The lowest BCUT2D eigenvalue weighted by Gasteiger charge is -2.18. The maximum Gasteiger partial charge on any atom is 0.306 e. The zero-order valence-electron chi connectivity index (χ0n) is 43.7. The van der Waals surface area contributed by atoms with E-state index < -0.39 is 6.10 Å². The zero-order valence-corrected chi connectivity index (χ0v) is 43.7. The third-order valence-corrected chi connectivity index (χ3v) is 12.3. The summed E-state index contributed by atoms with van der Waals surface area (Å²) in [4.78, 5) is 38.1.